The van der Waals surface area contributed by atoms with Crippen molar-refractivity contribution in [3.05, 3.63) is 35.4 Å². The lowest BCUT2D eigenvalue weighted by Gasteiger charge is -2.16. The summed E-state index contributed by atoms with van der Waals surface area (Å²) in [5, 5.41) is 0.504. The van der Waals surface area contributed by atoms with Crippen LogP contribution in [0.25, 0.3) is 0 Å². The van der Waals surface area contributed by atoms with E-state index >= 15 is 0 Å². The normalized spacial score (nSPS) is 18.6. The Labute approximate surface area is 121 Å². The summed E-state index contributed by atoms with van der Waals surface area (Å²) >= 11 is 0. The maximum Gasteiger partial charge on any atom is 0.361 e. The van der Waals surface area contributed by atoms with Crippen LogP contribution < -0.4 is 0 Å². The van der Waals surface area contributed by atoms with E-state index in [1.807, 2.05) is 0 Å². The van der Waals surface area contributed by atoms with Crippen molar-refractivity contribution < 1.29 is 24.0 Å². The van der Waals surface area contributed by atoms with Crippen molar-refractivity contribution in [1.82, 2.24) is 5.06 Å². The first-order chi connectivity index (χ1) is 10.1. The van der Waals surface area contributed by atoms with E-state index in [4.69, 9.17) is 9.57 Å². The number of ether oxygens (including phenoxy) is 1. The fourth-order valence-corrected chi connectivity index (χ4v) is 2.05. The fourth-order valence-electron chi connectivity index (χ4n) is 2.05. The number of rotatable bonds is 5. The number of carbonyl (C=O) groups is 3. The van der Waals surface area contributed by atoms with Crippen molar-refractivity contribution in [3.63, 3.8) is 0 Å². The Hall–Kier alpha value is -2.21. The molecule has 1 aliphatic carbocycles. The Morgan fingerprint density at radius 2 is 1.81 bits per heavy atom. The Balaban J connectivity index is 1.64. The molecule has 2 amide bonds. The summed E-state index contributed by atoms with van der Waals surface area (Å²) < 4.78 is 5.36. The second-order valence-electron chi connectivity index (χ2n) is 5.28. The van der Waals surface area contributed by atoms with Crippen LogP contribution in [0.2, 0.25) is 0 Å². The van der Waals surface area contributed by atoms with E-state index in [0.717, 1.165) is 12.8 Å². The van der Waals surface area contributed by atoms with Crippen LogP contribution in [0.15, 0.2) is 24.3 Å². The Bertz CT molecular complexity index is 573. The maximum atomic E-state index is 12.0. The van der Waals surface area contributed by atoms with Gasteiger partial charge in [-0.3, -0.25) is 9.59 Å². The van der Waals surface area contributed by atoms with Crippen LogP contribution in [0.5, 0.6) is 0 Å². The third-order valence-electron chi connectivity index (χ3n) is 3.55. The van der Waals surface area contributed by atoms with Crippen molar-refractivity contribution in [1.29, 1.82) is 0 Å². The Kier molecular flexibility index (Phi) is 3.47. The van der Waals surface area contributed by atoms with E-state index in [-0.39, 0.29) is 11.1 Å². The van der Waals surface area contributed by atoms with Crippen LogP contribution in [0, 0.1) is 5.92 Å². The average molecular weight is 289 g/mol. The van der Waals surface area contributed by atoms with Gasteiger partial charge in [0.1, 0.15) is 0 Å². The zero-order valence-electron chi connectivity index (χ0n) is 11.6. The number of fused-ring (bicyclic) bond motifs is 1. The zero-order chi connectivity index (χ0) is 15.0. The maximum absolute atomic E-state index is 12.0. The highest BCUT2D eigenvalue weighted by molar-refractivity contribution is 6.20. The molecule has 2 aliphatic rings. The van der Waals surface area contributed by atoms with Crippen molar-refractivity contribution >= 4 is 17.8 Å². The van der Waals surface area contributed by atoms with Gasteiger partial charge in [0.15, 0.2) is 6.10 Å². The first kappa shape index (κ1) is 13.8. The molecule has 3 rings (SSSR count). The summed E-state index contributed by atoms with van der Waals surface area (Å²) in [6.45, 7) is 2.04. The Morgan fingerprint density at radius 1 is 1.24 bits per heavy atom. The highest BCUT2D eigenvalue weighted by Gasteiger charge is 2.39. The fraction of sp³-hybridized carbons (Fsp3) is 0.400. The van der Waals surface area contributed by atoms with E-state index in [1.165, 1.54) is 12.1 Å². The average Bonchev–Trinajstić information content (AvgIpc) is 3.29. The first-order valence-corrected chi connectivity index (χ1v) is 6.89. The van der Waals surface area contributed by atoms with E-state index in [0.29, 0.717) is 17.6 Å². The predicted molar refractivity (Wildman–Crippen MR) is 71.2 cm³/mol. The van der Waals surface area contributed by atoms with Crippen LogP contribution in [-0.2, 0) is 14.4 Å². The minimum Gasteiger partial charge on any atom is -0.366 e. The molecule has 1 aliphatic heterocycles. The van der Waals surface area contributed by atoms with Gasteiger partial charge >= 0.3 is 5.97 Å². The molecule has 0 spiro atoms. The third-order valence-corrected chi connectivity index (χ3v) is 3.55. The number of nitrogens with zero attached hydrogens (tertiary/aromatic N) is 1. The molecule has 6 nitrogen and oxygen atoms in total. The molecule has 1 heterocycles. The standard InChI is InChI=1S/C15H15NO5/c1-9(20-8-10-6-7-10)15(19)21-16-13(17)11-4-2-3-5-12(11)14(16)18/h2-5,9-10H,6-8H2,1H3. The molecule has 6 heteroatoms. The van der Waals surface area contributed by atoms with E-state index < -0.39 is 23.9 Å². The minimum atomic E-state index is -0.810. The van der Waals surface area contributed by atoms with Gasteiger partial charge in [-0.2, -0.15) is 0 Å². The van der Waals surface area contributed by atoms with Crippen LogP contribution in [-0.4, -0.2) is 35.6 Å². The van der Waals surface area contributed by atoms with Gasteiger partial charge in [0.25, 0.3) is 11.8 Å². The summed E-state index contributed by atoms with van der Waals surface area (Å²) in [4.78, 5) is 40.8. The van der Waals surface area contributed by atoms with E-state index in [2.05, 4.69) is 0 Å². The molecule has 0 saturated heterocycles. The molecule has 1 saturated carbocycles. The smallest absolute Gasteiger partial charge is 0.361 e. The van der Waals surface area contributed by atoms with Gasteiger partial charge in [-0.25, -0.2) is 4.79 Å². The second kappa shape index (κ2) is 5.29. The molecule has 1 fully saturated rings. The van der Waals surface area contributed by atoms with Gasteiger partial charge in [0, 0.05) is 0 Å². The van der Waals surface area contributed by atoms with Gasteiger partial charge in [-0.1, -0.05) is 17.2 Å². The number of hydroxylamine groups is 2. The number of imide groups is 1. The number of hydrogen-bond acceptors (Lipinski definition) is 5. The molecular formula is C15H15NO5. The van der Waals surface area contributed by atoms with E-state index in [9.17, 15) is 14.4 Å². The summed E-state index contributed by atoms with van der Waals surface area (Å²) in [7, 11) is 0. The molecule has 21 heavy (non-hydrogen) atoms. The molecule has 1 atom stereocenters. The largest absolute Gasteiger partial charge is 0.366 e. The van der Waals surface area contributed by atoms with E-state index in [1.54, 1.807) is 19.1 Å². The van der Waals surface area contributed by atoms with Crippen molar-refractivity contribution in [3.8, 4) is 0 Å². The molecule has 0 radical (unpaired) electrons. The van der Waals surface area contributed by atoms with Crippen LogP contribution in [0.3, 0.4) is 0 Å². The first-order valence-electron chi connectivity index (χ1n) is 6.89. The van der Waals surface area contributed by atoms with Crippen molar-refractivity contribution in [2.45, 2.75) is 25.9 Å². The van der Waals surface area contributed by atoms with Gasteiger partial charge in [0.2, 0.25) is 0 Å². The lowest BCUT2D eigenvalue weighted by molar-refractivity contribution is -0.180. The monoisotopic (exact) mass is 289 g/mol. The third kappa shape index (κ3) is 2.67. The van der Waals surface area contributed by atoms with Crippen molar-refractivity contribution in [2.24, 2.45) is 5.92 Å². The second-order valence-corrected chi connectivity index (χ2v) is 5.28. The summed E-state index contributed by atoms with van der Waals surface area (Å²) in [6.07, 6.45) is 1.41. The van der Waals surface area contributed by atoms with Crippen molar-refractivity contribution in [2.75, 3.05) is 6.61 Å². The number of hydrogen-bond donors (Lipinski definition) is 0. The summed E-state index contributed by atoms with van der Waals surface area (Å²) in [5.74, 6) is -1.48. The summed E-state index contributed by atoms with van der Waals surface area (Å²) in [5.41, 5.74) is 0.476. The minimum absolute atomic E-state index is 0.238. The number of carbonyl (C=O) groups excluding carboxylic acids is 3. The molecule has 0 bridgehead atoms. The lowest BCUT2D eigenvalue weighted by atomic mass is 10.1. The van der Waals surface area contributed by atoms with Gasteiger partial charge in [0.05, 0.1) is 17.7 Å². The van der Waals surface area contributed by atoms with Gasteiger partial charge < -0.3 is 9.57 Å². The highest BCUT2D eigenvalue weighted by Crippen LogP contribution is 2.29. The number of benzene rings is 1. The molecule has 110 valence electrons. The lowest BCUT2D eigenvalue weighted by Crippen LogP contribution is -2.37. The molecular weight excluding hydrogens is 274 g/mol. The summed E-state index contributed by atoms with van der Waals surface area (Å²) in [6, 6.07) is 6.35. The van der Waals surface area contributed by atoms with Gasteiger partial charge in [-0.05, 0) is 37.8 Å². The Morgan fingerprint density at radius 3 is 2.33 bits per heavy atom. The number of amides is 2. The SMILES string of the molecule is CC(OCC1CC1)C(=O)ON1C(=O)c2ccccc2C1=O. The predicted octanol–water partition coefficient (Wildman–Crippen LogP) is 1.56. The van der Waals surface area contributed by atoms with Crippen LogP contribution in [0.1, 0.15) is 40.5 Å². The van der Waals surface area contributed by atoms with Crippen LogP contribution in [0.4, 0.5) is 0 Å². The molecule has 0 aromatic heterocycles. The van der Waals surface area contributed by atoms with Crippen LogP contribution >= 0.6 is 0 Å². The zero-order valence-corrected chi connectivity index (χ0v) is 11.6. The highest BCUT2D eigenvalue weighted by atomic mass is 16.7. The molecule has 0 N–H and O–H groups in total. The topological polar surface area (TPSA) is 72.9 Å². The molecule has 1 aromatic carbocycles. The molecule has 1 unspecified atom stereocenters. The quantitative estimate of drug-likeness (QED) is 0.769. The molecule has 1 aromatic rings. The van der Waals surface area contributed by atoms with Gasteiger partial charge in [-0.15, -0.1) is 0 Å².